The van der Waals surface area contributed by atoms with Gasteiger partial charge in [-0.3, -0.25) is 9.69 Å². The molecular formula is C42H43Cl2N3O4. The quantitative estimate of drug-likeness (QED) is 0.113. The zero-order valence-corrected chi connectivity index (χ0v) is 30.5. The number of piperazine rings is 1. The number of carbonyl (C=O) groups excluding carboxylic acids is 1. The van der Waals surface area contributed by atoms with Crippen LogP contribution >= 0.6 is 24.0 Å². The number of aryl methyl sites for hydroxylation is 2. The first-order chi connectivity index (χ1) is 24.4. The van der Waals surface area contributed by atoms with Crippen LogP contribution in [0.5, 0.6) is 23.1 Å². The topological polar surface area (TPSA) is 64.1 Å². The third-order valence-corrected chi connectivity index (χ3v) is 9.09. The normalized spacial score (nSPS) is 13.1. The van der Waals surface area contributed by atoms with Gasteiger partial charge in [-0.1, -0.05) is 77.8 Å². The summed E-state index contributed by atoms with van der Waals surface area (Å²) in [5.41, 5.74) is 6.65. The van der Waals surface area contributed by atoms with E-state index in [0.29, 0.717) is 48.7 Å². The molecule has 6 rings (SSSR count). The first-order valence-electron chi connectivity index (χ1n) is 17.0. The molecule has 0 N–H and O–H groups in total. The molecule has 0 aliphatic carbocycles. The molecule has 0 saturated carbocycles. The zero-order chi connectivity index (χ0) is 34.7. The number of pyridine rings is 1. The summed E-state index contributed by atoms with van der Waals surface area (Å²) >= 11 is 6.21. The number of aromatic nitrogens is 1. The Morgan fingerprint density at radius 3 is 2.22 bits per heavy atom. The molecule has 9 heteroatoms. The van der Waals surface area contributed by atoms with Crippen LogP contribution in [0.4, 0.5) is 0 Å². The van der Waals surface area contributed by atoms with Crippen molar-refractivity contribution < 1.29 is 19.0 Å². The van der Waals surface area contributed by atoms with Crippen molar-refractivity contribution in [2.45, 2.75) is 33.4 Å². The van der Waals surface area contributed by atoms with Gasteiger partial charge in [-0.2, -0.15) is 0 Å². The Bertz CT molecular complexity index is 1890. The summed E-state index contributed by atoms with van der Waals surface area (Å²) in [5.74, 6) is 2.69. The summed E-state index contributed by atoms with van der Waals surface area (Å²) in [7, 11) is 0. The fourth-order valence-corrected chi connectivity index (χ4v) is 5.88. The van der Waals surface area contributed by atoms with Gasteiger partial charge >= 0.3 is 0 Å². The van der Waals surface area contributed by atoms with Crippen molar-refractivity contribution in [2.24, 2.45) is 0 Å². The van der Waals surface area contributed by atoms with E-state index in [2.05, 4.69) is 53.2 Å². The van der Waals surface area contributed by atoms with Crippen LogP contribution in [0.2, 0.25) is 5.02 Å². The molecule has 51 heavy (non-hydrogen) atoms. The molecule has 1 aliphatic rings. The highest BCUT2D eigenvalue weighted by Crippen LogP contribution is 2.25. The maximum atomic E-state index is 13.0. The minimum Gasteiger partial charge on any atom is -0.493 e. The van der Waals surface area contributed by atoms with E-state index in [1.165, 1.54) is 16.7 Å². The summed E-state index contributed by atoms with van der Waals surface area (Å²) < 4.78 is 17.7. The molecule has 1 amide bonds. The van der Waals surface area contributed by atoms with Gasteiger partial charge in [-0.25, -0.2) is 4.98 Å². The van der Waals surface area contributed by atoms with Crippen LogP contribution in [-0.2, 0) is 24.4 Å². The highest BCUT2D eigenvalue weighted by molar-refractivity contribution is 6.31. The smallest absolute Gasteiger partial charge is 0.246 e. The Kier molecular flexibility index (Phi) is 13.5. The van der Waals surface area contributed by atoms with Gasteiger partial charge in [0, 0.05) is 61.9 Å². The molecular weight excluding hydrogens is 681 g/mol. The van der Waals surface area contributed by atoms with Crippen molar-refractivity contribution >= 4 is 36.0 Å². The fourth-order valence-electron chi connectivity index (χ4n) is 5.69. The minimum atomic E-state index is 0. The van der Waals surface area contributed by atoms with Crippen molar-refractivity contribution in [1.82, 2.24) is 14.8 Å². The Labute approximate surface area is 311 Å². The van der Waals surface area contributed by atoms with Gasteiger partial charge in [-0.05, 0) is 78.6 Å². The van der Waals surface area contributed by atoms with Gasteiger partial charge in [0.1, 0.15) is 23.9 Å². The van der Waals surface area contributed by atoms with E-state index in [9.17, 15) is 4.79 Å². The van der Waals surface area contributed by atoms with E-state index in [1.807, 2.05) is 78.6 Å². The molecule has 264 valence electrons. The number of nitrogens with zero attached hydrogens (tertiary/aromatic N) is 3. The second-order valence-corrected chi connectivity index (χ2v) is 12.9. The van der Waals surface area contributed by atoms with E-state index >= 15 is 0 Å². The Morgan fingerprint density at radius 2 is 1.51 bits per heavy atom. The minimum absolute atomic E-state index is 0. The van der Waals surface area contributed by atoms with Crippen LogP contribution in [-0.4, -0.2) is 53.5 Å². The van der Waals surface area contributed by atoms with Crippen molar-refractivity contribution in [3.05, 3.63) is 154 Å². The standard InChI is InChI=1S/C42H42ClN3O4.ClH/c1-31-7-15-37(16-8-31)48-26-21-33-9-11-34(12-10-33)29-45-22-24-46(25-23-45)42(47)20-14-35-13-17-38(27-32(35)2)50-41-19-18-39(28-44-41)49-30-36-5-3-4-6-40(36)43;/h3-20,27-28H,21-26,29-30H2,1-2H3;1H. The number of benzene rings is 4. The van der Waals surface area contributed by atoms with Crippen LogP contribution in [0, 0.1) is 13.8 Å². The molecule has 1 aromatic heterocycles. The highest BCUT2D eigenvalue weighted by atomic mass is 35.5. The lowest BCUT2D eigenvalue weighted by Gasteiger charge is -2.34. The molecule has 1 fully saturated rings. The first kappa shape index (κ1) is 37.4. The van der Waals surface area contributed by atoms with E-state index < -0.39 is 0 Å². The Morgan fingerprint density at radius 1 is 0.804 bits per heavy atom. The van der Waals surface area contributed by atoms with Crippen LogP contribution < -0.4 is 14.2 Å². The molecule has 1 saturated heterocycles. The second-order valence-electron chi connectivity index (χ2n) is 12.5. The molecule has 7 nitrogen and oxygen atoms in total. The second kappa shape index (κ2) is 18.4. The molecule has 4 aromatic carbocycles. The maximum Gasteiger partial charge on any atom is 0.246 e. The molecule has 0 spiro atoms. The summed E-state index contributed by atoms with van der Waals surface area (Å²) in [5, 5.41) is 0.669. The zero-order valence-electron chi connectivity index (χ0n) is 29.0. The average molecular weight is 725 g/mol. The van der Waals surface area contributed by atoms with Crippen LogP contribution in [0.15, 0.2) is 115 Å². The molecule has 2 heterocycles. The third-order valence-electron chi connectivity index (χ3n) is 8.72. The molecule has 1 aliphatic heterocycles. The van der Waals surface area contributed by atoms with Crippen LogP contribution in [0.1, 0.15) is 33.4 Å². The van der Waals surface area contributed by atoms with E-state index in [-0.39, 0.29) is 18.3 Å². The molecule has 5 aromatic rings. The lowest BCUT2D eigenvalue weighted by atomic mass is 10.1. The number of halogens is 2. The Balaban J connectivity index is 0.00000504. The predicted octanol–water partition coefficient (Wildman–Crippen LogP) is 9.12. The summed E-state index contributed by atoms with van der Waals surface area (Å²) in [4.78, 5) is 21.7. The first-order valence-corrected chi connectivity index (χ1v) is 17.3. The lowest BCUT2D eigenvalue weighted by molar-refractivity contribution is -0.127. The van der Waals surface area contributed by atoms with Crippen molar-refractivity contribution in [3.63, 3.8) is 0 Å². The number of carbonyl (C=O) groups is 1. The van der Waals surface area contributed by atoms with Crippen molar-refractivity contribution in [2.75, 3.05) is 32.8 Å². The van der Waals surface area contributed by atoms with Gasteiger partial charge in [0.15, 0.2) is 0 Å². The third kappa shape index (κ3) is 11.1. The summed E-state index contributed by atoms with van der Waals surface area (Å²) in [6, 6.07) is 33.9. The van der Waals surface area contributed by atoms with Crippen LogP contribution in [0.25, 0.3) is 6.08 Å². The number of hydrogen-bond acceptors (Lipinski definition) is 6. The van der Waals surface area contributed by atoms with Crippen LogP contribution in [0.3, 0.4) is 0 Å². The predicted molar refractivity (Wildman–Crippen MR) is 206 cm³/mol. The SMILES string of the molecule is Cc1ccc(OCCc2ccc(CN3CCN(C(=O)C=Cc4ccc(Oc5ccc(OCc6ccccc6Cl)cn5)cc4C)CC3)cc2)cc1.Cl. The molecule has 0 radical (unpaired) electrons. The van der Waals surface area contributed by atoms with Gasteiger partial charge in [0.2, 0.25) is 11.8 Å². The van der Waals surface area contributed by atoms with Crippen molar-refractivity contribution in [1.29, 1.82) is 0 Å². The summed E-state index contributed by atoms with van der Waals surface area (Å²) in [6.07, 6.45) is 6.05. The summed E-state index contributed by atoms with van der Waals surface area (Å²) in [6.45, 7) is 9.08. The van der Waals surface area contributed by atoms with E-state index in [4.69, 9.17) is 25.8 Å². The number of hydrogen-bond donors (Lipinski definition) is 0. The molecule has 0 unspecified atom stereocenters. The van der Waals surface area contributed by atoms with E-state index in [0.717, 1.165) is 48.5 Å². The van der Waals surface area contributed by atoms with E-state index in [1.54, 1.807) is 18.3 Å². The lowest BCUT2D eigenvalue weighted by Crippen LogP contribution is -2.47. The maximum absolute atomic E-state index is 13.0. The number of ether oxygens (including phenoxy) is 3. The number of rotatable bonds is 13. The Hall–Kier alpha value is -4.82. The molecule has 0 atom stereocenters. The average Bonchev–Trinajstić information content (AvgIpc) is 3.13. The highest BCUT2D eigenvalue weighted by Gasteiger charge is 2.19. The monoisotopic (exact) mass is 723 g/mol. The van der Waals surface area contributed by atoms with Gasteiger partial charge in [0.05, 0.1) is 12.8 Å². The molecule has 0 bridgehead atoms. The van der Waals surface area contributed by atoms with Gasteiger partial charge in [-0.15, -0.1) is 12.4 Å². The largest absolute Gasteiger partial charge is 0.493 e. The van der Waals surface area contributed by atoms with Gasteiger partial charge < -0.3 is 19.1 Å². The van der Waals surface area contributed by atoms with Gasteiger partial charge in [0.25, 0.3) is 0 Å². The van der Waals surface area contributed by atoms with Crippen molar-refractivity contribution in [3.8, 4) is 23.1 Å². The fraction of sp³-hybridized carbons (Fsp3) is 0.238. The number of amides is 1.